The Morgan fingerprint density at radius 2 is 2.14 bits per heavy atom. The maximum absolute atomic E-state index is 13.4. The maximum Gasteiger partial charge on any atom is 0.330 e. The minimum atomic E-state index is -1.35. The summed E-state index contributed by atoms with van der Waals surface area (Å²) in [6.45, 7) is 2.26. The summed E-state index contributed by atoms with van der Waals surface area (Å²) in [6, 6.07) is 2.24. The van der Waals surface area contributed by atoms with E-state index in [9.17, 15) is 14.0 Å². The Bertz CT molecular complexity index is 524. The molecule has 0 radical (unpaired) electrons. The average Bonchev–Trinajstić information content (AvgIpc) is 2.47. The largest absolute Gasteiger partial charge is 0.479 e. The number of unbranched alkanes of at least 4 members (excludes halogenated alkanes) is 2. The first kappa shape index (κ1) is 18.4. The Labute approximate surface area is 133 Å². The Kier molecular flexibility index (Phi) is 7.84. The number of rotatable bonds is 9. The molecule has 1 atom stereocenters. The van der Waals surface area contributed by atoms with Gasteiger partial charge in [-0.05, 0) is 24.1 Å². The first-order valence-corrected chi connectivity index (χ1v) is 7.38. The second-order valence-corrected chi connectivity index (χ2v) is 5.18. The molecular formula is C15H19ClFNO4. The molecule has 2 N–H and O–H groups in total. The number of benzene rings is 1. The second-order valence-electron chi connectivity index (χ2n) is 4.77. The average molecular weight is 332 g/mol. The van der Waals surface area contributed by atoms with Crippen LogP contribution >= 0.6 is 11.6 Å². The zero-order chi connectivity index (χ0) is 16.5. The van der Waals surface area contributed by atoms with Crippen LogP contribution in [0.3, 0.4) is 0 Å². The van der Waals surface area contributed by atoms with Crippen LogP contribution in [-0.2, 0) is 14.3 Å². The van der Waals surface area contributed by atoms with Gasteiger partial charge in [-0.1, -0.05) is 37.4 Å². The minimum Gasteiger partial charge on any atom is -0.479 e. The van der Waals surface area contributed by atoms with E-state index in [0.717, 1.165) is 25.3 Å². The summed E-state index contributed by atoms with van der Waals surface area (Å²) < 4.78 is 18.6. The van der Waals surface area contributed by atoms with Gasteiger partial charge < -0.3 is 15.2 Å². The summed E-state index contributed by atoms with van der Waals surface area (Å²) in [7, 11) is 0. The van der Waals surface area contributed by atoms with Crippen LogP contribution in [0.2, 0.25) is 5.02 Å². The van der Waals surface area contributed by atoms with Crippen LogP contribution in [0.4, 0.5) is 4.39 Å². The molecule has 1 aromatic carbocycles. The minimum absolute atomic E-state index is 0.105. The van der Waals surface area contributed by atoms with Crippen LogP contribution in [0.1, 0.15) is 37.8 Å². The molecule has 0 aliphatic carbocycles. The number of carbonyl (C=O) groups is 2. The highest BCUT2D eigenvalue weighted by atomic mass is 35.5. The van der Waals surface area contributed by atoms with Crippen LogP contribution in [0.15, 0.2) is 18.2 Å². The van der Waals surface area contributed by atoms with Crippen molar-refractivity contribution < 1.29 is 23.8 Å². The van der Waals surface area contributed by atoms with Gasteiger partial charge in [-0.2, -0.15) is 0 Å². The van der Waals surface area contributed by atoms with Gasteiger partial charge in [0.25, 0.3) is 0 Å². The van der Waals surface area contributed by atoms with Crippen LogP contribution in [0.5, 0.6) is 0 Å². The number of aliphatic carboxylic acids is 1. The fourth-order valence-electron chi connectivity index (χ4n) is 1.80. The van der Waals surface area contributed by atoms with Gasteiger partial charge in [0.2, 0.25) is 5.91 Å². The van der Waals surface area contributed by atoms with Crippen molar-refractivity contribution in [3.05, 3.63) is 34.6 Å². The summed E-state index contributed by atoms with van der Waals surface area (Å²) in [4.78, 5) is 22.9. The highest BCUT2D eigenvalue weighted by Crippen LogP contribution is 2.20. The lowest BCUT2D eigenvalue weighted by Crippen LogP contribution is -2.36. The fourth-order valence-corrected chi connectivity index (χ4v) is 1.92. The van der Waals surface area contributed by atoms with Crippen molar-refractivity contribution >= 4 is 23.5 Å². The molecule has 5 nitrogen and oxygen atoms in total. The van der Waals surface area contributed by atoms with Crippen LogP contribution in [-0.4, -0.2) is 30.2 Å². The van der Waals surface area contributed by atoms with E-state index in [-0.39, 0.29) is 17.2 Å². The van der Waals surface area contributed by atoms with Gasteiger partial charge in [0, 0.05) is 6.61 Å². The predicted octanol–water partition coefficient (Wildman–Crippen LogP) is 2.93. The molecule has 0 aromatic heterocycles. The monoisotopic (exact) mass is 331 g/mol. The zero-order valence-corrected chi connectivity index (χ0v) is 13.0. The Balaban J connectivity index is 2.59. The molecular weight excluding hydrogens is 313 g/mol. The third-order valence-electron chi connectivity index (χ3n) is 2.95. The molecule has 1 amide bonds. The van der Waals surface area contributed by atoms with Gasteiger partial charge in [-0.25, -0.2) is 9.18 Å². The lowest BCUT2D eigenvalue weighted by molar-refractivity contribution is -0.142. The van der Waals surface area contributed by atoms with E-state index < -0.39 is 23.7 Å². The number of hydrogen-bond donors (Lipinski definition) is 2. The number of halogens is 2. The van der Waals surface area contributed by atoms with Gasteiger partial charge in [0.15, 0.2) is 6.04 Å². The molecule has 0 heterocycles. The standard InChI is InChI=1S/C15H19ClFNO4/c1-2-3-4-7-22-9-13(19)18-14(15(20)21)10-5-6-11(16)12(17)8-10/h5-6,8,14H,2-4,7,9H2,1H3,(H,18,19)(H,20,21). The first-order chi connectivity index (χ1) is 10.5. The number of amides is 1. The number of carboxylic acid groups (broad SMARTS) is 1. The normalized spacial score (nSPS) is 12.0. The van der Waals surface area contributed by atoms with Crippen molar-refractivity contribution in [2.75, 3.05) is 13.2 Å². The van der Waals surface area contributed by atoms with Gasteiger partial charge in [-0.15, -0.1) is 0 Å². The van der Waals surface area contributed by atoms with E-state index in [1.807, 2.05) is 0 Å². The van der Waals surface area contributed by atoms with Crippen LogP contribution in [0.25, 0.3) is 0 Å². The second kappa shape index (κ2) is 9.38. The van der Waals surface area contributed by atoms with Crippen molar-refractivity contribution in [1.29, 1.82) is 0 Å². The van der Waals surface area contributed by atoms with Gasteiger partial charge >= 0.3 is 5.97 Å². The van der Waals surface area contributed by atoms with Crippen molar-refractivity contribution in [3.63, 3.8) is 0 Å². The number of ether oxygens (including phenoxy) is 1. The smallest absolute Gasteiger partial charge is 0.330 e. The third kappa shape index (κ3) is 5.99. The SMILES string of the molecule is CCCCCOCC(=O)NC(C(=O)O)c1ccc(Cl)c(F)c1. The molecule has 0 aliphatic rings. The highest BCUT2D eigenvalue weighted by molar-refractivity contribution is 6.30. The number of nitrogens with one attached hydrogen (secondary N) is 1. The van der Waals surface area contributed by atoms with E-state index in [2.05, 4.69) is 12.2 Å². The van der Waals surface area contributed by atoms with Crippen LogP contribution < -0.4 is 5.32 Å². The molecule has 0 aliphatic heterocycles. The molecule has 1 unspecified atom stereocenters. The number of carboxylic acids is 1. The Morgan fingerprint density at radius 1 is 1.41 bits per heavy atom. The summed E-state index contributed by atoms with van der Waals surface area (Å²) in [5, 5.41) is 11.4. The highest BCUT2D eigenvalue weighted by Gasteiger charge is 2.23. The number of carbonyl (C=O) groups excluding carboxylic acids is 1. The molecule has 1 aromatic rings. The van der Waals surface area contributed by atoms with E-state index in [1.165, 1.54) is 12.1 Å². The lowest BCUT2D eigenvalue weighted by atomic mass is 10.1. The van der Waals surface area contributed by atoms with Crippen molar-refractivity contribution in [2.24, 2.45) is 0 Å². The Hall–Kier alpha value is -1.66. The molecule has 22 heavy (non-hydrogen) atoms. The summed E-state index contributed by atoms with van der Waals surface area (Å²) in [6.07, 6.45) is 2.89. The quantitative estimate of drug-likeness (QED) is 0.682. The van der Waals surface area contributed by atoms with E-state index in [4.69, 9.17) is 21.4 Å². The fraction of sp³-hybridized carbons (Fsp3) is 0.467. The Morgan fingerprint density at radius 3 is 2.73 bits per heavy atom. The molecule has 0 spiro atoms. The third-order valence-corrected chi connectivity index (χ3v) is 3.26. The van der Waals surface area contributed by atoms with E-state index in [0.29, 0.717) is 6.61 Å². The predicted molar refractivity (Wildman–Crippen MR) is 80.3 cm³/mol. The molecule has 0 fully saturated rings. The van der Waals surface area contributed by atoms with Crippen molar-refractivity contribution in [1.82, 2.24) is 5.32 Å². The lowest BCUT2D eigenvalue weighted by Gasteiger charge is -2.15. The van der Waals surface area contributed by atoms with Gasteiger partial charge in [0.1, 0.15) is 12.4 Å². The van der Waals surface area contributed by atoms with E-state index >= 15 is 0 Å². The van der Waals surface area contributed by atoms with Crippen molar-refractivity contribution in [2.45, 2.75) is 32.2 Å². The first-order valence-electron chi connectivity index (χ1n) is 7.00. The molecule has 7 heteroatoms. The van der Waals surface area contributed by atoms with E-state index in [1.54, 1.807) is 0 Å². The van der Waals surface area contributed by atoms with Crippen molar-refractivity contribution in [3.8, 4) is 0 Å². The molecule has 122 valence electrons. The molecule has 0 bridgehead atoms. The molecule has 0 saturated carbocycles. The zero-order valence-electron chi connectivity index (χ0n) is 12.3. The molecule has 0 saturated heterocycles. The number of hydrogen-bond acceptors (Lipinski definition) is 3. The summed E-state index contributed by atoms with van der Waals surface area (Å²) >= 11 is 5.55. The van der Waals surface area contributed by atoms with Gasteiger partial charge in [-0.3, -0.25) is 4.79 Å². The summed E-state index contributed by atoms with van der Waals surface area (Å²) in [5.41, 5.74) is 0.105. The molecule has 1 rings (SSSR count). The maximum atomic E-state index is 13.4. The van der Waals surface area contributed by atoms with Crippen LogP contribution in [0, 0.1) is 5.82 Å². The summed E-state index contributed by atoms with van der Waals surface area (Å²) in [5.74, 6) is -2.60. The van der Waals surface area contributed by atoms with Gasteiger partial charge in [0.05, 0.1) is 5.02 Å². The topological polar surface area (TPSA) is 75.6 Å².